The van der Waals surface area contributed by atoms with Gasteiger partial charge in [-0.15, -0.1) is 0 Å². The molecule has 0 aliphatic heterocycles. The lowest BCUT2D eigenvalue weighted by Crippen LogP contribution is -2.30. The van der Waals surface area contributed by atoms with Crippen LogP contribution in [0, 0.1) is 0 Å². The predicted molar refractivity (Wildman–Crippen MR) is 348 cm³/mol. The Bertz CT molecular complexity index is 1430. The monoisotopic (exact) mass is 1120 g/mol. The van der Waals surface area contributed by atoms with Crippen LogP contribution < -0.4 is 0 Å². The van der Waals surface area contributed by atoms with Gasteiger partial charge in [-0.3, -0.25) is 14.4 Å². The van der Waals surface area contributed by atoms with Gasteiger partial charge in [0, 0.05) is 19.3 Å². The third kappa shape index (κ3) is 65.9. The van der Waals surface area contributed by atoms with Crippen LogP contribution in [0.2, 0.25) is 0 Å². The fourth-order valence-corrected chi connectivity index (χ4v) is 10.4. The smallest absolute Gasteiger partial charge is 0.306 e. The lowest BCUT2D eigenvalue weighted by Gasteiger charge is -2.18. The summed E-state index contributed by atoms with van der Waals surface area (Å²) < 4.78 is 16.9. The average molecular weight is 1120 g/mol. The van der Waals surface area contributed by atoms with Crippen molar-refractivity contribution in [3.63, 3.8) is 0 Å². The molecule has 6 nitrogen and oxygen atoms in total. The number of carbonyl (C=O) groups is 3. The van der Waals surface area contributed by atoms with Gasteiger partial charge in [-0.1, -0.05) is 313 Å². The van der Waals surface area contributed by atoms with Crippen molar-refractivity contribution in [3.8, 4) is 0 Å². The third-order valence-corrected chi connectivity index (χ3v) is 15.7. The zero-order valence-corrected chi connectivity index (χ0v) is 53.6. The summed E-state index contributed by atoms with van der Waals surface area (Å²) in [5.41, 5.74) is 0. The van der Waals surface area contributed by atoms with Crippen LogP contribution in [0.3, 0.4) is 0 Å². The first-order valence-corrected chi connectivity index (χ1v) is 35.3. The number of hydrogen-bond donors (Lipinski definition) is 0. The van der Waals surface area contributed by atoms with Crippen molar-refractivity contribution in [1.82, 2.24) is 0 Å². The molecule has 0 aromatic heterocycles. The molecule has 0 N–H and O–H groups in total. The Morgan fingerprint density at radius 2 is 0.475 bits per heavy atom. The van der Waals surface area contributed by atoms with Gasteiger partial charge in [0.15, 0.2) is 6.10 Å². The minimum atomic E-state index is -0.781. The largest absolute Gasteiger partial charge is 0.462 e. The number of esters is 3. The Labute approximate surface area is 498 Å². The molecule has 1 unspecified atom stereocenters. The summed E-state index contributed by atoms with van der Waals surface area (Å²) in [6, 6.07) is 0. The highest BCUT2D eigenvalue weighted by molar-refractivity contribution is 5.71. The average Bonchev–Trinajstić information content (AvgIpc) is 3.46. The summed E-state index contributed by atoms with van der Waals surface area (Å²) in [6.07, 6.45) is 88.4. The van der Waals surface area contributed by atoms with E-state index < -0.39 is 6.10 Å². The second kappa shape index (κ2) is 68.6. The molecule has 0 radical (unpaired) electrons. The van der Waals surface area contributed by atoms with Gasteiger partial charge in [0.1, 0.15) is 13.2 Å². The van der Waals surface area contributed by atoms with Gasteiger partial charge in [-0.2, -0.15) is 0 Å². The zero-order chi connectivity index (χ0) is 57.8. The van der Waals surface area contributed by atoms with E-state index in [9.17, 15) is 14.4 Å². The number of rotatable bonds is 65. The summed E-state index contributed by atoms with van der Waals surface area (Å²) in [4.78, 5) is 38.3. The maximum Gasteiger partial charge on any atom is 0.306 e. The van der Waals surface area contributed by atoms with Gasteiger partial charge < -0.3 is 14.2 Å². The highest BCUT2D eigenvalue weighted by Gasteiger charge is 2.19. The Morgan fingerprint density at radius 1 is 0.250 bits per heavy atom. The summed E-state index contributed by atoms with van der Waals surface area (Å²) in [7, 11) is 0. The molecule has 0 aromatic rings. The quantitative estimate of drug-likeness (QED) is 0.0261. The van der Waals surface area contributed by atoms with Crippen molar-refractivity contribution in [1.29, 1.82) is 0 Å². The number of ether oxygens (including phenoxy) is 3. The van der Waals surface area contributed by atoms with Gasteiger partial charge >= 0.3 is 17.9 Å². The first kappa shape index (κ1) is 77.1. The normalized spacial score (nSPS) is 12.4. The van der Waals surface area contributed by atoms with Gasteiger partial charge in [0.05, 0.1) is 0 Å². The van der Waals surface area contributed by atoms with E-state index in [0.29, 0.717) is 19.3 Å². The Kier molecular flexibility index (Phi) is 66.1. The molecule has 0 rings (SSSR count). The molecule has 80 heavy (non-hydrogen) atoms. The summed E-state index contributed by atoms with van der Waals surface area (Å²) >= 11 is 0. The van der Waals surface area contributed by atoms with Crippen LogP contribution in [-0.2, 0) is 28.6 Å². The van der Waals surface area contributed by atoms with Gasteiger partial charge in [-0.05, 0) is 103 Å². The number of hydrogen-bond acceptors (Lipinski definition) is 6. The van der Waals surface area contributed by atoms with E-state index in [1.165, 1.54) is 244 Å². The molecule has 0 saturated heterocycles. The molecule has 0 amide bonds. The molecule has 0 aromatic carbocycles. The molecular weight excluding hydrogens is 985 g/mol. The molecule has 0 bridgehead atoms. The standard InChI is InChI=1S/C74H134O6/c1-4-7-10-13-16-19-22-24-26-28-30-32-34-35-36-37-38-39-41-42-44-46-48-50-52-55-58-61-64-67-73(76)79-70-71(69-78-72(75)66-63-60-57-54-21-18-15-12-9-6-3)80-74(77)68-65-62-59-56-53-51-49-47-45-43-40-33-31-29-27-25-23-20-17-14-11-8-5-2/h12,15,23,25,28-31,40,43,71H,4-11,13-14,16-22,24,26-27,32-39,41-42,44-70H2,1-3H3/b15-12-,25-23-,30-28-,31-29-,43-40-. The molecule has 0 saturated carbocycles. The van der Waals surface area contributed by atoms with Crippen LogP contribution in [0.5, 0.6) is 0 Å². The van der Waals surface area contributed by atoms with E-state index in [0.717, 1.165) is 89.9 Å². The van der Waals surface area contributed by atoms with Crippen molar-refractivity contribution in [2.45, 2.75) is 380 Å². The van der Waals surface area contributed by atoms with Crippen LogP contribution in [0.15, 0.2) is 60.8 Å². The molecular formula is C74H134O6. The summed E-state index contributed by atoms with van der Waals surface area (Å²) in [5.74, 6) is -0.876. The van der Waals surface area contributed by atoms with E-state index in [1.807, 2.05) is 0 Å². The Hall–Kier alpha value is -2.89. The van der Waals surface area contributed by atoms with Crippen LogP contribution in [0.25, 0.3) is 0 Å². The minimum absolute atomic E-state index is 0.0770. The molecule has 0 spiro atoms. The van der Waals surface area contributed by atoms with Gasteiger partial charge in [0.25, 0.3) is 0 Å². The van der Waals surface area contributed by atoms with Crippen molar-refractivity contribution in [2.24, 2.45) is 0 Å². The van der Waals surface area contributed by atoms with Gasteiger partial charge in [0.2, 0.25) is 0 Å². The minimum Gasteiger partial charge on any atom is -0.462 e. The highest BCUT2D eigenvalue weighted by atomic mass is 16.6. The van der Waals surface area contributed by atoms with Crippen LogP contribution in [0.1, 0.15) is 374 Å². The number of carbonyl (C=O) groups excluding carboxylic acids is 3. The Balaban J connectivity index is 4.16. The molecule has 6 heteroatoms. The third-order valence-electron chi connectivity index (χ3n) is 15.7. The number of unbranched alkanes of at least 4 members (excludes halogenated alkanes) is 44. The maximum absolute atomic E-state index is 12.9. The predicted octanol–water partition coefficient (Wildman–Crippen LogP) is 24.3. The Morgan fingerprint density at radius 3 is 0.762 bits per heavy atom. The van der Waals surface area contributed by atoms with E-state index >= 15 is 0 Å². The van der Waals surface area contributed by atoms with Crippen molar-refractivity contribution < 1.29 is 28.6 Å². The lowest BCUT2D eigenvalue weighted by atomic mass is 10.0. The second-order valence-electron chi connectivity index (χ2n) is 23.8. The molecule has 0 fully saturated rings. The molecule has 1 atom stereocenters. The fourth-order valence-electron chi connectivity index (χ4n) is 10.4. The topological polar surface area (TPSA) is 78.9 Å². The van der Waals surface area contributed by atoms with Crippen molar-refractivity contribution in [3.05, 3.63) is 60.8 Å². The zero-order valence-electron chi connectivity index (χ0n) is 53.6. The first-order chi connectivity index (χ1) is 39.5. The maximum atomic E-state index is 12.9. The first-order valence-electron chi connectivity index (χ1n) is 35.3. The number of allylic oxidation sites excluding steroid dienone is 10. The van der Waals surface area contributed by atoms with Gasteiger partial charge in [-0.25, -0.2) is 0 Å². The van der Waals surface area contributed by atoms with Crippen LogP contribution in [0.4, 0.5) is 0 Å². The van der Waals surface area contributed by atoms with E-state index in [-0.39, 0.29) is 31.1 Å². The fraction of sp³-hybridized carbons (Fsp3) is 0.824. The van der Waals surface area contributed by atoms with Crippen LogP contribution >= 0.6 is 0 Å². The summed E-state index contributed by atoms with van der Waals surface area (Å²) in [6.45, 7) is 6.60. The van der Waals surface area contributed by atoms with Crippen molar-refractivity contribution in [2.75, 3.05) is 13.2 Å². The van der Waals surface area contributed by atoms with Crippen LogP contribution in [-0.4, -0.2) is 37.2 Å². The van der Waals surface area contributed by atoms with E-state index in [4.69, 9.17) is 14.2 Å². The van der Waals surface area contributed by atoms with E-state index in [2.05, 4.69) is 81.5 Å². The molecule has 0 heterocycles. The lowest BCUT2D eigenvalue weighted by molar-refractivity contribution is -0.167. The molecule has 0 aliphatic carbocycles. The van der Waals surface area contributed by atoms with Crippen molar-refractivity contribution >= 4 is 17.9 Å². The molecule has 0 aliphatic rings. The second-order valence-corrected chi connectivity index (χ2v) is 23.8. The summed E-state index contributed by atoms with van der Waals surface area (Å²) in [5, 5.41) is 0. The van der Waals surface area contributed by atoms with E-state index in [1.54, 1.807) is 0 Å². The molecule has 466 valence electrons. The highest BCUT2D eigenvalue weighted by Crippen LogP contribution is 2.18. The SMILES string of the molecule is CCC/C=C\CCCCCCCC(=O)OCC(COC(=O)CCCCCCCCCCCCCCCCCCC/C=C\CCCCCCCCCC)OC(=O)CCCCCCCCCC/C=C\C/C=C\C/C=C\CCCCCCC.